The highest BCUT2D eigenvalue weighted by Crippen LogP contribution is 2.32. The van der Waals surface area contributed by atoms with Gasteiger partial charge in [-0.1, -0.05) is 8.27 Å². The molecule has 0 aliphatic heterocycles. The van der Waals surface area contributed by atoms with Crippen molar-refractivity contribution in [2.45, 2.75) is 0 Å². The fourth-order valence-electron chi connectivity index (χ4n) is 0.326. The van der Waals surface area contributed by atoms with Crippen LogP contribution in [0.4, 0.5) is 0 Å². The van der Waals surface area contributed by atoms with E-state index in [-0.39, 0.29) is 0 Å². The standard InChI is InChI=1S/C4H14OP4/c1-7-9-4-5-2-3-8-6/h7-9H,2-4,6H2,1H3. The highest BCUT2D eigenvalue weighted by Gasteiger charge is 1.83. The maximum atomic E-state index is 5.33. The van der Waals surface area contributed by atoms with Gasteiger partial charge in [-0.25, -0.2) is 0 Å². The summed E-state index contributed by atoms with van der Waals surface area (Å²) < 4.78 is 5.33. The van der Waals surface area contributed by atoms with Crippen molar-refractivity contribution in [1.29, 1.82) is 0 Å². The van der Waals surface area contributed by atoms with Crippen LogP contribution in [0.3, 0.4) is 0 Å². The van der Waals surface area contributed by atoms with Crippen LogP contribution in [0.1, 0.15) is 0 Å². The van der Waals surface area contributed by atoms with Gasteiger partial charge < -0.3 is 4.74 Å². The lowest BCUT2D eigenvalue weighted by atomic mass is 10.9. The zero-order valence-corrected chi connectivity index (χ0v) is 9.76. The van der Waals surface area contributed by atoms with Crippen molar-refractivity contribution in [2.75, 3.05) is 25.8 Å². The van der Waals surface area contributed by atoms with E-state index in [0.29, 0.717) is 0 Å². The summed E-state index contributed by atoms with van der Waals surface area (Å²) >= 11 is 0. The Labute approximate surface area is 64.8 Å². The topological polar surface area (TPSA) is 9.23 Å². The zero-order valence-electron chi connectivity index (χ0n) is 5.61. The third kappa shape index (κ3) is 9.68. The van der Waals surface area contributed by atoms with Gasteiger partial charge in [0.15, 0.2) is 0 Å². The normalized spacial score (nSPS) is 14.0. The van der Waals surface area contributed by atoms with Crippen molar-refractivity contribution in [3.63, 3.8) is 0 Å². The average molecular weight is 202 g/mol. The van der Waals surface area contributed by atoms with Crippen molar-refractivity contribution in [3.05, 3.63) is 0 Å². The Kier molecular flexibility index (Phi) is 11.5. The Morgan fingerprint density at radius 1 is 1.56 bits per heavy atom. The number of hydrogen-bond donors (Lipinski definition) is 0. The molecule has 0 fully saturated rings. The molecule has 0 aromatic carbocycles. The van der Waals surface area contributed by atoms with E-state index in [2.05, 4.69) is 15.6 Å². The summed E-state index contributed by atoms with van der Waals surface area (Å²) in [5.41, 5.74) is 0. The molecule has 0 aliphatic carbocycles. The lowest BCUT2D eigenvalue weighted by Crippen LogP contribution is -1.91. The Morgan fingerprint density at radius 3 is 2.89 bits per heavy atom. The average Bonchev–Trinajstić information content (AvgIpc) is 1.89. The molecule has 0 aliphatic rings. The monoisotopic (exact) mass is 202 g/mol. The first kappa shape index (κ1) is 10.7. The minimum Gasteiger partial charge on any atom is -0.377 e. The molecule has 0 amide bonds. The van der Waals surface area contributed by atoms with Gasteiger partial charge in [-0.3, -0.25) is 0 Å². The maximum absolute atomic E-state index is 5.33. The van der Waals surface area contributed by atoms with Crippen LogP contribution in [0.5, 0.6) is 0 Å². The summed E-state index contributed by atoms with van der Waals surface area (Å²) in [6.45, 7) is 3.18. The first-order valence-corrected chi connectivity index (χ1v) is 9.55. The predicted molar refractivity (Wildman–Crippen MR) is 56.3 cm³/mol. The van der Waals surface area contributed by atoms with Crippen LogP contribution in [-0.4, -0.2) is 25.8 Å². The first-order chi connectivity index (χ1) is 4.41. The second-order valence-corrected chi connectivity index (χ2v) is 7.27. The summed E-state index contributed by atoms with van der Waals surface area (Å²) in [6.07, 6.45) is 2.20. The molecule has 0 aromatic heterocycles. The van der Waals surface area contributed by atoms with Gasteiger partial charge in [-0.05, 0) is 12.8 Å². The summed E-state index contributed by atoms with van der Waals surface area (Å²) in [5, 5.41) is 0. The van der Waals surface area contributed by atoms with E-state index in [1.807, 2.05) is 0 Å². The van der Waals surface area contributed by atoms with Crippen LogP contribution in [0.15, 0.2) is 0 Å². The summed E-state index contributed by atoms with van der Waals surface area (Å²) in [4.78, 5) is 0. The molecule has 56 valence electrons. The Balaban J connectivity index is 2.60. The molecule has 0 spiro atoms. The van der Waals surface area contributed by atoms with E-state index in [1.54, 1.807) is 0 Å². The van der Waals surface area contributed by atoms with Crippen LogP contribution in [0.2, 0.25) is 0 Å². The fraction of sp³-hybridized carbons (Fsp3) is 1.00. The van der Waals surface area contributed by atoms with E-state index >= 15 is 0 Å². The largest absolute Gasteiger partial charge is 0.377 e. The van der Waals surface area contributed by atoms with Gasteiger partial charge in [0.25, 0.3) is 0 Å². The highest BCUT2D eigenvalue weighted by atomic mass is 32.0. The van der Waals surface area contributed by atoms with Gasteiger partial charge in [-0.2, -0.15) is 0 Å². The lowest BCUT2D eigenvalue weighted by Gasteiger charge is -1.99. The van der Waals surface area contributed by atoms with Crippen LogP contribution >= 0.6 is 33.7 Å². The van der Waals surface area contributed by atoms with Crippen molar-refractivity contribution in [3.8, 4) is 0 Å². The molecule has 0 aromatic rings. The van der Waals surface area contributed by atoms with Crippen LogP contribution < -0.4 is 0 Å². The quantitative estimate of drug-likeness (QED) is 0.474. The van der Waals surface area contributed by atoms with E-state index in [1.165, 1.54) is 6.16 Å². The van der Waals surface area contributed by atoms with Gasteiger partial charge in [-0.15, -0.1) is 25.5 Å². The van der Waals surface area contributed by atoms with Crippen LogP contribution in [-0.2, 0) is 4.74 Å². The smallest absolute Gasteiger partial charge is 0.0668 e. The van der Waals surface area contributed by atoms with E-state index in [4.69, 9.17) is 4.74 Å². The number of rotatable bonds is 6. The molecule has 0 bridgehead atoms. The van der Waals surface area contributed by atoms with Gasteiger partial charge >= 0.3 is 0 Å². The van der Waals surface area contributed by atoms with E-state index in [9.17, 15) is 0 Å². The molecular weight excluding hydrogens is 188 g/mol. The molecule has 9 heavy (non-hydrogen) atoms. The minimum absolute atomic E-state index is 0.958. The molecule has 4 unspecified atom stereocenters. The summed E-state index contributed by atoms with van der Waals surface area (Å²) in [7, 11) is 5.79. The second-order valence-electron chi connectivity index (χ2n) is 1.43. The number of hydrogen-bond acceptors (Lipinski definition) is 1. The first-order valence-electron chi connectivity index (χ1n) is 2.82. The van der Waals surface area contributed by atoms with Crippen molar-refractivity contribution < 1.29 is 4.74 Å². The SMILES string of the molecule is CPPCOCCPP. The molecule has 0 saturated carbocycles. The van der Waals surface area contributed by atoms with Crippen molar-refractivity contribution in [2.24, 2.45) is 0 Å². The second kappa shape index (κ2) is 9.68. The predicted octanol–water partition coefficient (Wildman–Crippen LogP) is 2.33. The molecular formula is C4H14OP4. The van der Waals surface area contributed by atoms with Crippen LogP contribution in [0.25, 0.3) is 0 Å². The Morgan fingerprint density at radius 2 is 2.33 bits per heavy atom. The molecule has 0 saturated heterocycles. The third-order valence-electron chi connectivity index (χ3n) is 0.742. The third-order valence-corrected chi connectivity index (χ3v) is 4.30. The van der Waals surface area contributed by atoms with Crippen LogP contribution in [0, 0.1) is 0 Å². The molecule has 0 radical (unpaired) electrons. The lowest BCUT2D eigenvalue weighted by molar-refractivity contribution is 0.201. The highest BCUT2D eigenvalue weighted by molar-refractivity contribution is 8.11. The molecule has 4 atom stereocenters. The fourth-order valence-corrected chi connectivity index (χ4v) is 2.07. The zero-order chi connectivity index (χ0) is 6.95. The van der Waals surface area contributed by atoms with Gasteiger partial charge in [0.2, 0.25) is 0 Å². The number of ether oxygens (including phenoxy) is 1. The molecule has 5 heteroatoms. The van der Waals surface area contributed by atoms with Crippen molar-refractivity contribution >= 4 is 33.7 Å². The Hall–Kier alpha value is 1.68. The van der Waals surface area contributed by atoms with E-state index < -0.39 is 0 Å². The van der Waals surface area contributed by atoms with E-state index in [0.717, 1.165) is 37.8 Å². The Bertz CT molecular complexity index is 45.8. The van der Waals surface area contributed by atoms with Crippen molar-refractivity contribution in [1.82, 2.24) is 0 Å². The molecule has 0 N–H and O–H groups in total. The molecule has 0 rings (SSSR count). The molecule has 0 heterocycles. The maximum Gasteiger partial charge on any atom is 0.0668 e. The summed E-state index contributed by atoms with van der Waals surface area (Å²) in [5.74, 6) is 0. The minimum atomic E-state index is 0.958. The summed E-state index contributed by atoms with van der Waals surface area (Å²) in [6, 6.07) is 0. The molecule has 1 nitrogen and oxygen atoms in total. The van der Waals surface area contributed by atoms with Gasteiger partial charge in [0.1, 0.15) is 0 Å². The van der Waals surface area contributed by atoms with Gasteiger partial charge in [0.05, 0.1) is 13.0 Å². The van der Waals surface area contributed by atoms with Gasteiger partial charge in [0, 0.05) is 0 Å².